The van der Waals surface area contributed by atoms with Crippen molar-refractivity contribution in [2.24, 2.45) is 0 Å². The van der Waals surface area contributed by atoms with E-state index < -0.39 is 0 Å². The highest BCUT2D eigenvalue weighted by molar-refractivity contribution is 7.14. The highest BCUT2D eigenvalue weighted by Crippen LogP contribution is 2.31. The monoisotopic (exact) mass is 303 g/mol. The summed E-state index contributed by atoms with van der Waals surface area (Å²) in [6, 6.07) is 5.30. The second-order valence-corrected chi connectivity index (χ2v) is 6.16. The van der Waals surface area contributed by atoms with E-state index in [9.17, 15) is 10.1 Å². The van der Waals surface area contributed by atoms with Gasteiger partial charge in [-0.2, -0.15) is 0 Å². The molecule has 0 aliphatic carbocycles. The lowest BCUT2D eigenvalue weighted by Crippen LogP contribution is -2.29. The predicted octanol–water partition coefficient (Wildman–Crippen LogP) is 4.02. The molecule has 5 nitrogen and oxygen atoms in total. The Bertz CT molecular complexity index is 663. The van der Waals surface area contributed by atoms with Gasteiger partial charge in [0.2, 0.25) is 0 Å². The highest BCUT2D eigenvalue weighted by atomic mass is 32.1. The maximum Gasteiger partial charge on any atom is 0.272 e. The molecule has 1 saturated heterocycles. The van der Waals surface area contributed by atoms with Gasteiger partial charge in [0.25, 0.3) is 5.69 Å². The Hall–Kier alpha value is -1.95. The van der Waals surface area contributed by atoms with Crippen LogP contribution in [0.15, 0.2) is 23.6 Å². The van der Waals surface area contributed by atoms with Crippen LogP contribution >= 0.6 is 11.3 Å². The Kier molecular flexibility index (Phi) is 3.88. The van der Waals surface area contributed by atoms with Gasteiger partial charge in [0, 0.05) is 35.7 Å². The van der Waals surface area contributed by atoms with Crippen LogP contribution in [0.1, 0.15) is 24.8 Å². The van der Waals surface area contributed by atoms with Gasteiger partial charge < -0.3 is 4.90 Å². The summed E-state index contributed by atoms with van der Waals surface area (Å²) in [5, 5.41) is 14.0. The third-order valence-corrected chi connectivity index (χ3v) is 4.72. The van der Waals surface area contributed by atoms with Crippen molar-refractivity contribution >= 4 is 22.2 Å². The molecule has 2 aromatic rings. The number of rotatable bonds is 3. The van der Waals surface area contributed by atoms with Crippen LogP contribution in [0.4, 0.5) is 10.8 Å². The zero-order valence-electron chi connectivity index (χ0n) is 11.9. The van der Waals surface area contributed by atoms with E-state index in [0.29, 0.717) is 5.56 Å². The molecule has 1 aromatic carbocycles. The molecule has 3 rings (SSSR count). The van der Waals surface area contributed by atoms with Crippen molar-refractivity contribution in [1.82, 2.24) is 4.98 Å². The van der Waals surface area contributed by atoms with Gasteiger partial charge in [-0.15, -0.1) is 11.3 Å². The van der Waals surface area contributed by atoms with Crippen molar-refractivity contribution in [1.29, 1.82) is 0 Å². The van der Waals surface area contributed by atoms with E-state index in [1.807, 2.05) is 11.4 Å². The SMILES string of the molecule is Cc1ccc(-c2csc(N3CCCCC3)n2)cc1[N+](=O)[O-]. The van der Waals surface area contributed by atoms with Crippen LogP contribution in [0.25, 0.3) is 11.3 Å². The summed E-state index contributed by atoms with van der Waals surface area (Å²) >= 11 is 1.61. The van der Waals surface area contributed by atoms with Crippen LogP contribution in [-0.4, -0.2) is 23.0 Å². The molecule has 0 N–H and O–H groups in total. The first kappa shape index (κ1) is 14.0. The van der Waals surface area contributed by atoms with Crippen molar-refractivity contribution in [3.63, 3.8) is 0 Å². The normalized spacial score (nSPS) is 15.2. The van der Waals surface area contributed by atoms with Crippen LogP contribution in [0, 0.1) is 17.0 Å². The molecule has 0 spiro atoms. The van der Waals surface area contributed by atoms with E-state index in [1.165, 1.54) is 19.3 Å². The molecule has 1 aromatic heterocycles. The van der Waals surface area contributed by atoms with Crippen molar-refractivity contribution in [2.75, 3.05) is 18.0 Å². The average Bonchev–Trinajstić information content (AvgIpc) is 2.98. The minimum atomic E-state index is -0.337. The number of aryl methyl sites for hydroxylation is 1. The third kappa shape index (κ3) is 2.90. The van der Waals surface area contributed by atoms with Gasteiger partial charge >= 0.3 is 0 Å². The second-order valence-electron chi connectivity index (χ2n) is 5.32. The van der Waals surface area contributed by atoms with E-state index in [-0.39, 0.29) is 10.6 Å². The van der Waals surface area contributed by atoms with Gasteiger partial charge in [-0.25, -0.2) is 4.98 Å². The lowest BCUT2D eigenvalue weighted by molar-refractivity contribution is -0.385. The van der Waals surface area contributed by atoms with Gasteiger partial charge in [-0.3, -0.25) is 10.1 Å². The molecule has 0 unspecified atom stereocenters. The minimum absolute atomic E-state index is 0.153. The molecule has 6 heteroatoms. The number of hydrogen-bond donors (Lipinski definition) is 0. The first-order chi connectivity index (χ1) is 10.1. The van der Waals surface area contributed by atoms with Crippen molar-refractivity contribution in [3.8, 4) is 11.3 Å². The van der Waals surface area contributed by atoms with Crippen molar-refractivity contribution in [2.45, 2.75) is 26.2 Å². The standard InChI is InChI=1S/C15H17N3O2S/c1-11-5-6-12(9-14(11)18(19)20)13-10-21-15(16-13)17-7-3-2-4-8-17/h5-6,9-10H,2-4,7-8H2,1H3. The molecule has 21 heavy (non-hydrogen) atoms. The molecule has 0 atom stereocenters. The first-order valence-electron chi connectivity index (χ1n) is 7.11. The van der Waals surface area contributed by atoms with Crippen molar-refractivity contribution < 1.29 is 4.92 Å². The van der Waals surface area contributed by atoms with Gasteiger partial charge in [0.1, 0.15) is 0 Å². The average molecular weight is 303 g/mol. The summed E-state index contributed by atoms with van der Waals surface area (Å²) in [6.07, 6.45) is 3.72. The fourth-order valence-electron chi connectivity index (χ4n) is 2.59. The zero-order chi connectivity index (χ0) is 14.8. The topological polar surface area (TPSA) is 59.3 Å². The molecule has 1 fully saturated rings. The summed E-state index contributed by atoms with van der Waals surface area (Å²) in [6.45, 7) is 3.87. The van der Waals surface area contributed by atoms with E-state index in [4.69, 9.17) is 0 Å². The number of nitro benzene ring substituents is 1. The number of hydrogen-bond acceptors (Lipinski definition) is 5. The van der Waals surface area contributed by atoms with E-state index in [1.54, 1.807) is 30.4 Å². The van der Waals surface area contributed by atoms with Gasteiger partial charge in [-0.1, -0.05) is 12.1 Å². The maximum atomic E-state index is 11.0. The van der Waals surface area contributed by atoms with Crippen LogP contribution in [-0.2, 0) is 0 Å². The summed E-state index contributed by atoms with van der Waals surface area (Å²) < 4.78 is 0. The van der Waals surface area contributed by atoms with E-state index >= 15 is 0 Å². The Morgan fingerprint density at radius 3 is 2.76 bits per heavy atom. The number of aromatic nitrogens is 1. The zero-order valence-corrected chi connectivity index (χ0v) is 12.7. The number of anilines is 1. The fourth-order valence-corrected chi connectivity index (χ4v) is 3.48. The summed E-state index contributed by atoms with van der Waals surface area (Å²) in [5.74, 6) is 0. The molecule has 2 heterocycles. The fraction of sp³-hybridized carbons (Fsp3) is 0.400. The number of nitro groups is 1. The first-order valence-corrected chi connectivity index (χ1v) is 7.99. The largest absolute Gasteiger partial charge is 0.348 e. The third-order valence-electron chi connectivity index (χ3n) is 3.82. The molecule has 110 valence electrons. The molecule has 0 bridgehead atoms. The number of nitrogens with zero attached hydrogens (tertiary/aromatic N) is 3. The smallest absolute Gasteiger partial charge is 0.272 e. The predicted molar refractivity (Wildman–Crippen MR) is 85.0 cm³/mol. The lowest BCUT2D eigenvalue weighted by Gasteiger charge is -2.25. The van der Waals surface area contributed by atoms with E-state index in [2.05, 4.69) is 9.88 Å². The highest BCUT2D eigenvalue weighted by Gasteiger charge is 2.17. The Morgan fingerprint density at radius 2 is 2.05 bits per heavy atom. The van der Waals surface area contributed by atoms with Gasteiger partial charge in [0.05, 0.1) is 10.6 Å². The number of thiazole rings is 1. The molecule has 1 aliphatic heterocycles. The minimum Gasteiger partial charge on any atom is -0.348 e. The molecular weight excluding hydrogens is 286 g/mol. The lowest BCUT2D eigenvalue weighted by atomic mass is 10.1. The molecule has 0 saturated carbocycles. The summed E-state index contributed by atoms with van der Waals surface area (Å²) in [7, 11) is 0. The molecule has 0 amide bonds. The quantitative estimate of drug-likeness (QED) is 0.635. The number of benzene rings is 1. The molecule has 0 radical (unpaired) electrons. The Labute approximate surface area is 127 Å². The van der Waals surface area contributed by atoms with Crippen LogP contribution < -0.4 is 4.90 Å². The maximum absolute atomic E-state index is 11.0. The van der Waals surface area contributed by atoms with Crippen molar-refractivity contribution in [3.05, 3.63) is 39.3 Å². The Morgan fingerprint density at radius 1 is 1.29 bits per heavy atom. The summed E-state index contributed by atoms with van der Waals surface area (Å²) in [4.78, 5) is 17.7. The second kappa shape index (κ2) is 5.81. The van der Waals surface area contributed by atoms with Gasteiger partial charge in [-0.05, 0) is 26.2 Å². The number of piperidine rings is 1. The molecule has 1 aliphatic rings. The molecular formula is C15H17N3O2S. The van der Waals surface area contributed by atoms with E-state index in [0.717, 1.165) is 29.5 Å². The summed E-state index contributed by atoms with van der Waals surface area (Å²) in [5.41, 5.74) is 2.46. The van der Waals surface area contributed by atoms with Crippen LogP contribution in [0.2, 0.25) is 0 Å². The van der Waals surface area contributed by atoms with Crippen LogP contribution in [0.5, 0.6) is 0 Å². The Balaban J connectivity index is 1.89. The van der Waals surface area contributed by atoms with Gasteiger partial charge in [0.15, 0.2) is 5.13 Å². The van der Waals surface area contributed by atoms with Crippen LogP contribution in [0.3, 0.4) is 0 Å².